The average Bonchev–Trinajstić information content (AvgIpc) is 3.07. The number of hydrogen-bond donors (Lipinski definition) is 3. The van der Waals surface area contributed by atoms with Gasteiger partial charge in [0, 0.05) is 30.8 Å². The fourth-order valence-corrected chi connectivity index (χ4v) is 2.66. The fraction of sp³-hybridized carbons (Fsp3) is 0.467. The van der Waals surface area contributed by atoms with Crippen LogP contribution in [0.15, 0.2) is 24.4 Å². The van der Waals surface area contributed by atoms with Crippen molar-refractivity contribution in [3.63, 3.8) is 0 Å². The molecule has 1 aromatic carbocycles. The Hall–Kier alpha value is -1.52. The van der Waals surface area contributed by atoms with Gasteiger partial charge in [-0.15, -0.1) is 0 Å². The summed E-state index contributed by atoms with van der Waals surface area (Å²) in [5, 5.41) is 17.7. The van der Waals surface area contributed by atoms with Crippen molar-refractivity contribution in [3.8, 4) is 5.75 Å². The van der Waals surface area contributed by atoms with Gasteiger partial charge in [-0.1, -0.05) is 0 Å². The van der Waals surface area contributed by atoms with E-state index in [0.717, 1.165) is 31.0 Å². The third-order valence-corrected chi connectivity index (χ3v) is 3.65. The molecular weight excluding hydrogens is 240 g/mol. The van der Waals surface area contributed by atoms with Gasteiger partial charge >= 0.3 is 0 Å². The maximum atomic E-state index is 9.53. The second-order valence-electron chi connectivity index (χ2n) is 4.84. The molecule has 2 aromatic rings. The summed E-state index contributed by atoms with van der Waals surface area (Å²) in [6, 6.07) is 5.51. The number of rotatable bonds is 3. The zero-order valence-electron chi connectivity index (χ0n) is 11.4. The quantitative estimate of drug-likeness (QED) is 0.794. The molecule has 1 aliphatic rings. The number of aliphatic hydroxyl groups excluding tert-OH is 1. The predicted molar refractivity (Wildman–Crippen MR) is 77.5 cm³/mol. The molecular formula is C15H22N2O2. The molecule has 1 aliphatic heterocycles. The molecule has 1 fully saturated rings. The first kappa shape index (κ1) is 13.9. The minimum absolute atomic E-state index is 0.347. The van der Waals surface area contributed by atoms with Crippen LogP contribution in [0.5, 0.6) is 5.75 Å². The molecule has 1 aromatic heterocycles. The largest absolute Gasteiger partial charge is 0.508 e. The number of aromatic hydroxyl groups is 1. The van der Waals surface area contributed by atoms with Gasteiger partial charge in [-0.2, -0.15) is 0 Å². The summed E-state index contributed by atoms with van der Waals surface area (Å²) >= 11 is 0. The maximum absolute atomic E-state index is 9.53. The average molecular weight is 262 g/mol. The number of aromatic amines is 1. The Morgan fingerprint density at radius 3 is 2.68 bits per heavy atom. The summed E-state index contributed by atoms with van der Waals surface area (Å²) in [6.45, 7) is 3.61. The van der Waals surface area contributed by atoms with Crippen LogP contribution in [-0.4, -0.2) is 46.8 Å². The molecule has 0 aliphatic carbocycles. The minimum atomic E-state index is 0.347. The smallest absolute Gasteiger partial charge is 0.116 e. The molecule has 0 atom stereocenters. The van der Waals surface area contributed by atoms with Crippen LogP contribution in [0.25, 0.3) is 10.9 Å². The van der Waals surface area contributed by atoms with Gasteiger partial charge in [0.15, 0.2) is 0 Å². The van der Waals surface area contributed by atoms with Crippen LogP contribution in [0.3, 0.4) is 0 Å². The Morgan fingerprint density at radius 1 is 1.21 bits per heavy atom. The Labute approximate surface area is 113 Å². The summed E-state index contributed by atoms with van der Waals surface area (Å²) in [6.07, 6.45) is 5.81. The molecule has 4 heteroatoms. The van der Waals surface area contributed by atoms with E-state index in [1.807, 2.05) is 12.1 Å². The zero-order valence-corrected chi connectivity index (χ0v) is 11.4. The van der Waals surface area contributed by atoms with Crippen LogP contribution >= 0.6 is 0 Å². The van der Waals surface area contributed by atoms with Gasteiger partial charge in [-0.3, -0.25) is 0 Å². The van der Waals surface area contributed by atoms with E-state index in [0.29, 0.717) is 5.75 Å². The van der Waals surface area contributed by atoms with Crippen molar-refractivity contribution in [1.29, 1.82) is 0 Å². The zero-order chi connectivity index (χ0) is 13.7. The molecule has 2 heterocycles. The molecule has 0 saturated carbocycles. The number of benzene rings is 1. The van der Waals surface area contributed by atoms with Crippen molar-refractivity contribution in [2.24, 2.45) is 0 Å². The number of phenols is 1. The summed E-state index contributed by atoms with van der Waals surface area (Å²) in [4.78, 5) is 5.78. The highest BCUT2D eigenvalue weighted by atomic mass is 16.3. The monoisotopic (exact) mass is 262 g/mol. The number of H-pyrrole nitrogens is 1. The number of likely N-dealkylation sites (tertiary alicyclic amines) is 1. The van der Waals surface area contributed by atoms with Crippen LogP contribution in [0.1, 0.15) is 18.4 Å². The standard InChI is InChI=1S/C14H18N2O.CH4O/c17-12-3-4-14-13(9-12)11(10-15-14)5-8-16-6-1-2-7-16;1-2/h3-4,9-10,15,17H,1-2,5-8H2;2H,1H3. The lowest BCUT2D eigenvalue weighted by atomic mass is 10.1. The van der Waals surface area contributed by atoms with Crippen LogP contribution < -0.4 is 0 Å². The normalized spacial score (nSPS) is 15.5. The van der Waals surface area contributed by atoms with E-state index < -0.39 is 0 Å². The number of fused-ring (bicyclic) bond motifs is 1. The number of nitrogens with one attached hydrogen (secondary N) is 1. The predicted octanol–water partition coefficient (Wildman–Crippen LogP) is 2.12. The molecule has 1 saturated heterocycles. The molecule has 0 amide bonds. The van der Waals surface area contributed by atoms with Crippen LogP contribution in [0.4, 0.5) is 0 Å². The molecule has 4 nitrogen and oxygen atoms in total. The highest BCUT2D eigenvalue weighted by molar-refractivity contribution is 5.84. The van der Waals surface area contributed by atoms with Gasteiger partial charge < -0.3 is 20.1 Å². The van der Waals surface area contributed by atoms with Crippen molar-refractivity contribution in [3.05, 3.63) is 30.0 Å². The minimum Gasteiger partial charge on any atom is -0.508 e. The first-order chi connectivity index (χ1) is 9.33. The highest BCUT2D eigenvalue weighted by Crippen LogP contribution is 2.23. The number of aromatic nitrogens is 1. The third-order valence-electron chi connectivity index (χ3n) is 3.65. The van der Waals surface area contributed by atoms with Gasteiger partial charge in [0.25, 0.3) is 0 Å². The first-order valence-corrected chi connectivity index (χ1v) is 6.79. The van der Waals surface area contributed by atoms with Gasteiger partial charge in [-0.05, 0) is 56.1 Å². The van der Waals surface area contributed by atoms with Gasteiger partial charge in [0.2, 0.25) is 0 Å². The van der Waals surface area contributed by atoms with Crippen molar-refractivity contribution in [2.75, 3.05) is 26.7 Å². The van der Waals surface area contributed by atoms with Crippen LogP contribution in [0, 0.1) is 0 Å². The summed E-state index contributed by atoms with van der Waals surface area (Å²) in [7, 11) is 1.00. The second kappa shape index (κ2) is 6.59. The third kappa shape index (κ3) is 3.28. The van der Waals surface area contributed by atoms with Crippen molar-refractivity contribution >= 4 is 10.9 Å². The van der Waals surface area contributed by atoms with Crippen LogP contribution in [0.2, 0.25) is 0 Å². The van der Waals surface area contributed by atoms with E-state index in [2.05, 4.69) is 16.1 Å². The van der Waals surface area contributed by atoms with E-state index >= 15 is 0 Å². The summed E-state index contributed by atoms with van der Waals surface area (Å²) < 4.78 is 0. The maximum Gasteiger partial charge on any atom is 0.116 e. The lowest BCUT2D eigenvalue weighted by Crippen LogP contribution is -2.21. The fourth-order valence-electron chi connectivity index (χ4n) is 2.66. The Morgan fingerprint density at radius 2 is 1.95 bits per heavy atom. The first-order valence-electron chi connectivity index (χ1n) is 6.79. The van der Waals surface area contributed by atoms with Crippen molar-refractivity contribution in [1.82, 2.24) is 9.88 Å². The number of nitrogens with zero attached hydrogens (tertiary/aromatic N) is 1. The summed E-state index contributed by atoms with van der Waals surface area (Å²) in [5.41, 5.74) is 2.42. The van der Waals surface area contributed by atoms with Gasteiger partial charge in [-0.25, -0.2) is 0 Å². The lowest BCUT2D eigenvalue weighted by Gasteiger charge is -2.13. The van der Waals surface area contributed by atoms with Crippen LogP contribution in [-0.2, 0) is 6.42 Å². The van der Waals surface area contributed by atoms with Crippen molar-refractivity contribution in [2.45, 2.75) is 19.3 Å². The van der Waals surface area contributed by atoms with E-state index in [9.17, 15) is 5.11 Å². The molecule has 3 rings (SSSR count). The Kier molecular flexibility index (Phi) is 4.82. The second-order valence-corrected chi connectivity index (χ2v) is 4.84. The molecule has 0 unspecified atom stereocenters. The summed E-state index contributed by atoms with van der Waals surface area (Å²) in [5.74, 6) is 0.347. The van der Waals surface area contributed by atoms with Gasteiger partial charge in [0.05, 0.1) is 0 Å². The SMILES string of the molecule is CO.Oc1ccc2[nH]cc(CCN3CCCC3)c2c1. The Balaban J connectivity index is 0.000000637. The number of hydrogen-bond acceptors (Lipinski definition) is 3. The lowest BCUT2D eigenvalue weighted by molar-refractivity contribution is 0.344. The Bertz CT molecular complexity index is 516. The van der Waals surface area contributed by atoms with E-state index in [4.69, 9.17) is 5.11 Å². The molecule has 19 heavy (non-hydrogen) atoms. The van der Waals surface area contributed by atoms with Crippen molar-refractivity contribution < 1.29 is 10.2 Å². The molecule has 0 radical (unpaired) electrons. The van der Waals surface area contributed by atoms with Gasteiger partial charge in [0.1, 0.15) is 5.75 Å². The molecule has 0 spiro atoms. The molecule has 104 valence electrons. The molecule has 0 bridgehead atoms. The van der Waals surface area contributed by atoms with E-state index in [1.54, 1.807) is 6.07 Å². The number of phenolic OH excluding ortho intramolecular Hbond substituents is 1. The van der Waals surface area contributed by atoms with E-state index in [1.165, 1.54) is 31.5 Å². The number of aliphatic hydroxyl groups is 1. The molecule has 3 N–H and O–H groups in total. The highest BCUT2D eigenvalue weighted by Gasteiger charge is 2.12. The van der Waals surface area contributed by atoms with E-state index in [-0.39, 0.29) is 0 Å². The topological polar surface area (TPSA) is 59.5 Å².